The summed E-state index contributed by atoms with van der Waals surface area (Å²) in [5.74, 6) is -0.398. The second kappa shape index (κ2) is 4.83. The molecule has 5 nitrogen and oxygen atoms in total. The smallest absolute Gasteiger partial charge is 0.408 e. The van der Waals surface area contributed by atoms with Gasteiger partial charge in [0, 0.05) is 18.6 Å². The van der Waals surface area contributed by atoms with Crippen molar-refractivity contribution in [2.24, 2.45) is 0 Å². The van der Waals surface area contributed by atoms with Crippen molar-refractivity contribution in [3.05, 3.63) is 34.3 Å². The first-order valence-electron chi connectivity index (χ1n) is 6.66. The topological polar surface area (TPSA) is 61.3 Å². The van der Waals surface area contributed by atoms with Crippen LogP contribution in [-0.4, -0.2) is 36.6 Å². The van der Waals surface area contributed by atoms with Gasteiger partial charge in [0.1, 0.15) is 0 Å². The number of hydrogen-bond donors (Lipinski definition) is 2. The summed E-state index contributed by atoms with van der Waals surface area (Å²) >= 11 is 0. The third kappa shape index (κ3) is 2.72. The highest BCUT2D eigenvalue weighted by atomic mass is 16.4. The van der Waals surface area contributed by atoms with Crippen LogP contribution in [0, 0.1) is 0 Å². The van der Waals surface area contributed by atoms with E-state index in [1.165, 1.54) is 18.4 Å². The summed E-state index contributed by atoms with van der Waals surface area (Å²) in [6, 6.07) is 6.87. The third-order valence-corrected chi connectivity index (χ3v) is 3.63. The molecular weight excluding hydrogens is 242 g/mol. The van der Waals surface area contributed by atoms with Crippen molar-refractivity contribution in [1.82, 2.24) is 15.2 Å². The summed E-state index contributed by atoms with van der Waals surface area (Å²) in [7, 11) is 4.14. The molecule has 19 heavy (non-hydrogen) atoms. The summed E-state index contributed by atoms with van der Waals surface area (Å²) in [5.41, 5.74) is 2.56. The Hall–Kier alpha value is -1.59. The molecule has 1 aromatic carbocycles. The highest BCUT2D eigenvalue weighted by Gasteiger charge is 2.23. The normalized spacial score (nSPS) is 17.2. The molecule has 1 atom stereocenters. The van der Waals surface area contributed by atoms with Crippen LogP contribution in [-0.2, 0) is 0 Å². The molecule has 1 saturated carbocycles. The number of fused-ring (bicyclic) bond motifs is 1. The van der Waals surface area contributed by atoms with Crippen LogP contribution < -0.4 is 11.1 Å². The monoisotopic (exact) mass is 261 g/mol. The number of aromatic amines is 1. The molecule has 0 radical (unpaired) electrons. The Labute approximate surface area is 111 Å². The molecule has 3 rings (SSSR count). The Morgan fingerprint density at radius 2 is 2.26 bits per heavy atom. The number of nitrogens with zero attached hydrogens (tertiary/aromatic N) is 1. The van der Waals surface area contributed by atoms with Gasteiger partial charge in [0.25, 0.3) is 0 Å². The van der Waals surface area contributed by atoms with E-state index in [4.69, 9.17) is 4.42 Å². The van der Waals surface area contributed by atoms with Gasteiger partial charge in [-0.25, -0.2) is 4.79 Å². The largest absolute Gasteiger partial charge is 0.417 e. The van der Waals surface area contributed by atoms with E-state index < -0.39 is 5.76 Å². The number of oxazole rings is 1. The molecule has 1 aromatic heterocycles. The van der Waals surface area contributed by atoms with Crippen LogP contribution in [0.2, 0.25) is 0 Å². The lowest BCUT2D eigenvalue weighted by Crippen LogP contribution is -2.32. The van der Waals surface area contributed by atoms with Crippen LogP contribution in [0.15, 0.2) is 27.4 Å². The molecule has 1 aliphatic rings. The van der Waals surface area contributed by atoms with E-state index in [0.29, 0.717) is 17.7 Å². The molecule has 1 unspecified atom stereocenters. The van der Waals surface area contributed by atoms with Crippen molar-refractivity contribution >= 4 is 11.1 Å². The van der Waals surface area contributed by atoms with Gasteiger partial charge in [-0.05, 0) is 44.6 Å². The number of aromatic nitrogens is 1. The fraction of sp³-hybridized carbons (Fsp3) is 0.500. The molecule has 0 saturated heterocycles. The average molecular weight is 261 g/mol. The van der Waals surface area contributed by atoms with Crippen molar-refractivity contribution in [3.8, 4) is 0 Å². The summed E-state index contributed by atoms with van der Waals surface area (Å²) in [6.45, 7) is 0.922. The number of likely N-dealkylation sites (N-methyl/N-ethyl adjacent to an activating group) is 1. The zero-order valence-electron chi connectivity index (χ0n) is 11.3. The lowest BCUT2D eigenvalue weighted by Gasteiger charge is -2.25. The highest BCUT2D eigenvalue weighted by molar-refractivity contribution is 5.72. The van der Waals surface area contributed by atoms with Crippen molar-refractivity contribution in [2.45, 2.75) is 24.9 Å². The van der Waals surface area contributed by atoms with Crippen LogP contribution in [0.25, 0.3) is 11.1 Å². The van der Waals surface area contributed by atoms with E-state index in [1.807, 2.05) is 18.2 Å². The number of hydrogen-bond acceptors (Lipinski definition) is 4. The summed E-state index contributed by atoms with van der Waals surface area (Å²) in [4.78, 5) is 16.1. The average Bonchev–Trinajstić information content (AvgIpc) is 3.09. The summed E-state index contributed by atoms with van der Waals surface area (Å²) in [5, 5.41) is 3.55. The first-order chi connectivity index (χ1) is 9.13. The van der Waals surface area contributed by atoms with Gasteiger partial charge < -0.3 is 14.6 Å². The molecule has 0 bridgehead atoms. The molecule has 2 aromatic rings. The maximum atomic E-state index is 11.2. The van der Waals surface area contributed by atoms with Crippen LogP contribution >= 0.6 is 0 Å². The van der Waals surface area contributed by atoms with Gasteiger partial charge in [0.15, 0.2) is 5.58 Å². The van der Waals surface area contributed by atoms with Gasteiger partial charge >= 0.3 is 5.76 Å². The van der Waals surface area contributed by atoms with Gasteiger partial charge in [-0.2, -0.15) is 0 Å². The molecule has 1 heterocycles. The zero-order valence-corrected chi connectivity index (χ0v) is 11.3. The molecule has 2 N–H and O–H groups in total. The van der Waals surface area contributed by atoms with E-state index in [0.717, 1.165) is 12.1 Å². The van der Waals surface area contributed by atoms with Gasteiger partial charge in [-0.3, -0.25) is 4.98 Å². The molecule has 102 valence electrons. The van der Waals surface area contributed by atoms with E-state index in [1.54, 1.807) is 0 Å². The Kier molecular flexibility index (Phi) is 3.16. The van der Waals surface area contributed by atoms with Crippen molar-refractivity contribution in [2.75, 3.05) is 20.6 Å². The quantitative estimate of drug-likeness (QED) is 0.855. The minimum absolute atomic E-state index is 0.295. The number of nitrogens with one attached hydrogen (secondary N) is 2. The Morgan fingerprint density at radius 3 is 2.95 bits per heavy atom. The molecule has 0 amide bonds. The lowest BCUT2D eigenvalue weighted by molar-refractivity contribution is 0.288. The number of benzene rings is 1. The minimum atomic E-state index is -0.398. The second-order valence-electron chi connectivity index (χ2n) is 5.43. The number of H-pyrrole nitrogens is 1. The van der Waals surface area contributed by atoms with Crippen molar-refractivity contribution in [1.29, 1.82) is 0 Å². The second-order valence-corrected chi connectivity index (χ2v) is 5.43. The zero-order chi connectivity index (χ0) is 13.4. The fourth-order valence-electron chi connectivity index (χ4n) is 2.34. The Balaban J connectivity index is 1.86. The predicted molar refractivity (Wildman–Crippen MR) is 74.3 cm³/mol. The summed E-state index contributed by atoms with van der Waals surface area (Å²) < 4.78 is 5.03. The first kappa shape index (κ1) is 12.4. The van der Waals surface area contributed by atoms with Gasteiger partial charge in [0.2, 0.25) is 0 Å². The molecule has 1 fully saturated rings. The van der Waals surface area contributed by atoms with E-state index in [-0.39, 0.29) is 0 Å². The summed E-state index contributed by atoms with van der Waals surface area (Å²) in [6.07, 6.45) is 2.57. The highest BCUT2D eigenvalue weighted by Crippen LogP contribution is 2.24. The Morgan fingerprint density at radius 1 is 1.47 bits per heavy atom. The molecule has 0 spiro atoms. The van der Waals surface area contributed by atoms with E-state index in [2.05, 4.69) is 29.3 Å². The molecular formula is C14H19N3O2. The van der Waals surface area contributed by atoms with Crippen LogP contribution in [0.1, 0.15) is 24.4 Å². The maximum absolute atomic E-state index is 11.2. The molecule has 1 aliphatic carbocycles. The predicted octanol–water partition coefficient (Wildman–Crippen LogP) is 1.48. The van der Waals surface area contributed by atoms with Gasteiger partial charge in [0.05, 0.1) is 5.52 Å². The van der Waals surface area contributed by atoms with Crippen LogP contribution in [0.5, 0.6) is 0 Å². The van der Waals surface area contributed by atoms with Gasteiger partial charge in [-0.1, -0.05) is 6.07 Å². The minimum Gasteiger partial charge on any atom is -0.408 e. The lowest BCUT2D eigenvalue weighted by atomic mass is 10.1. The van der Waals surface area contributed by atoms with Crippen molar-refractivity contribution < 1.29 is 4.42 Å². The van der Waals surface area contributed by atoms with Crippen LogP contribution in [0.4, 0.5) is 0 Å². The SMILES string of the molecule is CN(C)C(CNC1CC1)c1ccc2oc(=O)[nH]c2c1. The standard InChI is InChI=1S/C14H19N3O2/c1-17(2)12(8-15-10-4-5-10)9-3-6-13-11(7-9)16-14(18)19-13/h3,6-7,10,12,15H,4-5,8H2,1-2H3,(H,16,18). The van der Waals surface area contributed by atoms with Gasteiger partial charge in [-0.15, -0.1) is 0 Å². The number of rotatable bonds is 5. The molecule has 0 aliphatic heterocycles. The van der Waals surface area contributed by atoms with E-state index >= 15 is 0 Å². The fourth-order valence-corrected chi connectivity index (χ4v) is 2.34. The van der Waals surface area contributed by atoms with E-state index in [9.17, 15) is 4.79 Å². The van der Waals surface area contributed by atoms with Crippen molar-refractivity contribution in [3.63, 3.8) is 0 Å². The molecule has 5 heteroatoms. The third-order valence-electron chi connectivity index (χ3n) is 3.63. The maximum Gasteiger partial charge on any atom is 0.417 e. The Bertz CT molecular complexity index is 625. The first-order valence-corrected chi connectivity index (χ1v) is 6.66. The van der Waals surface area contributed by atoms with Crippen LogP contribution in [0.3, 0.4) is 0 Å².